The molecule has 1 aromatic carbocycles. The van der Waals surface area contributed by atoms with Crippen LogP contribution in [0.5, 0.6) is 0 Å². The monoisotopic (exact) mass is 406 g/mol. The molecule has 0 saturated carbocycles. The van der Waals surface area contributed by atoms with Crippen molar-refractivity contribution in [2.45, 2.75) is 12.1 Å². The predicted molar refractivity (Wildman–Crippen MR) is 103 cm³/mol. The van der Waals surface area contributed by atoms with Crippen LogP contribution in [0.4, 0.5) is 5.82 Å². The lowest BCUT2D eigenvalue weighted by Crippen LogP contribution is -2.16. The maximum atomic E-state index is 12.3. The molecule has 26 heavy (non-hydrogen) atoms. The van der Waals surface area contributed by atoms with Crippen molar-refractivity contribution in [2.75, 3.05) is 11.1 Å². The fraction of sp³-hybridized carbons (Fsp3) is 0.125. The first-order chi connectivity index (χ1) is 12.5. The molecule has 2 N–H and O–H groups in total. The summed E-state index contributed by atoms with van der Waals surface area (Å²) in [5.74, 6) is 0.824. The molecular weight excluding hydrogens is 395 g/mol. The van der Waals surface area contributed by atoms with Crippen molar-refractivity contribution < 1.29 is 4.79 Å². The molecular formula is C16H12Cl2N6OS. The summed E-state index contributed by atoms with van der Waals surface area (Å²) < 4.78 is 1.88. The van der Waals surface area contributed by atoms with Gasteiger partial charge in [0.25, 0.3) is 0 Å². The zero-order chi connectivity index (χ0) is 18.3. The van der Waals surface area contributed by atoms with Crippen LogP contribution in [0, 0.1) is 6.92 Å². The molecule has 0 fully saturated rings. The van der Waals surface area contributed by atoms with E-state index in [1.54, 1.807) is 6.92 Å². The first-order valence-corrected chi connectivity index (χ1v) is 9.33. The summed E-state index contributed by atoms with van der Waals surface area (Å²) in [6, 6.07) is 7.73. The highest BCUT2D eigenvalue weighted by atomic mass is 35.5. The third kappa shape index (κ3) is 3.00. The molecule has 4 rings (SSSR count). The molecule has 0 aliphatic heterocycles. The minimum atomic E-state index is -0.244. The van der Waals surface area contributed by atoms with Crippen LogP contribution in [0.15, 0.2) is 35.6 Å². The number of hydrogen-bond acceptors (Lipinski definition) is 5. The van der Waals surface area contributed by atoms with Crippen LogP contribution in [0.1, 0.15) is 5.56 Å². The van der Waals surface area contributed by atoms with Gasteiger partial charge >= 0.3 is 0 Å². The van der Waals surface area contributed by atoms with E-state index in [4.69, 9.17) is 23.2 Å². The van der Waals surface area contributed by atoms with Crippen molar-refractivity contribution in [1.29, 1.82) is 0 Å². The fourth-order valence-corrected chi connectivity index (χ4v) is 3.63. The number of rotatable bonds is 4. The van der Waals surface area contributed by atoms with E-state index < -0.39 is 0 Å². The zero-order valence-corrected chi connectivity index (χ0v) is 15.8. The zero-order valence-electron chi connectivity index (χ0n) is 13.5. The van der Waals surface area contributed by atoms with E-state index >= 15 is 0 Å². The Bertz CT molecular complexity index is 1140. The highest BCUT2D eigenvalue weighted by molar-refractivity contribution is 7.99. The number of nitrogens with zero attached hydrogens (tertiary/aromatic N) is 4. The van der Waals surface area contributed by atoms with Crippen LogP contribution in [0.3, 0.4) is 0 Å². The van der Waals surface area contributed by atoms with Gasteiger partial charge in [0.15, 0.2) is 11.0 Å². The smallest absolute Gasteiger partial charge is 0.236 e. The molecule has 7 nitrogen and oxygen atoms in total. The maximum Gasteiger partial charge on any atom is 0.236 e. The second-order valence-corrected chi connectivity index (χ2v) is 7.22. The number of anilines is 1. The number of hydrogen-bond donors (Lipinski definition) is 2. The Labute approximate surface area is 162 Å². The fourth-order valence-electron chi connectivity index (χ4n) is 2.48. The van der Waals surface area contributed by atoms with Crippen LogP contribution in [0.25, 0.3) is 16.8 Å². The predicted octanol–water partition coefficient (Wildman–Crippen LogP) is 3.95. The number of aromatic amines is 1. The van der Waals surface area contributed by atoms with Crippen LogP contribution in [-0.4, -0.2) is 36.2 Å². The van der Waals surface area contributed by atoms with Crippen LogP contribution >= 0.6 is 35.0 Å². The molecule has 0 saturated heterocycles. The Balaban J connectivity index is 1.52. The van der Waals surface area contributed by atoms with E-state index in [0.29, 0.717) is 32.4 Å². The minimum absolute atomic E-state index is 0.145. The molecule has 3 heterocycles. The number of aromatic nitrogens is 5. The number of halogens is 2. The number of carbonyl (C=O) groups excluding carboxylic acids is 1. The Kier molecular flexibility index (Phi) is 4.47. The summed E-state index contributed by atoms with van der Waals surface area (Å²) in [5.41, 5.74) is 2.46. The van der Waals surface area contributed by atoms with E-state index in [1.807, 2.05) is 28.7 Å². The van der Waals surface area contributed by atoms with Gasteiger partial charge < -0.3 is 5.32 Å². The Morgan fingerprint density at radius 2 is 2.15 bits per heavy atom. The number of benzene rings is 1. The van der Waals surface area contributed by atoms with Gasteiger partial charge in [-0.3, -0.25) is 9.20 Å². The number of pyridine rings is 1. The van der Waals surface area contributed by atoms with E-state index in [9.17, 15) is 4.79 Å². The second-order valence-electron chi connectivity index (χ2n) is 5.50. The summed E-state index contributed by atoms with van der Waals surface area (Å²) in [6.45, 7) is 1.77. The number of nitrogens with one attached hydrogen (secondary N) is 2. The molecule has 3 aromatic heterocycles. The second kappa shape index (κ2) is 6.79. The largest absolute Gasteiger partial charge is 0.309 e. The highest BCUT2D eigenvalue weighted by Crippen LogP contribution is 2.29. The standard InChI is InChI=1S/C16H12Cl2N6OS/c1-8-9(17)6-19-14(13(8)18)21-12(25)7-26-16-23-22-15-20-10-4-2-3-5-11(10)24(15)16/h2-6H,7H2,1H3,(H,20,22)(H,19,21,25). The van der Waals surface area contributed by atoms with Gasteiger partial charge in [0, 0.05) is 6.20 Å². The first-order valence-electron chi connectivity index (χ1n) is 7.59. The van der Waals surface area contributed by atoms with Gasteiger partial charge in [-0.15, -0.1) is 5.10 Å². The summed E-state index contributed by atoms with van der Waals surface area (Å²) in [4.78, 5) is 20.8. The Morgan fingerprint density at radius 3 is 3.00 bits per heavy atom. The lowest BCUT2D eigenvalue weighted by Gasteiger charge is -2.08. The van der Waals surface area contributed by atoms with E-state index in [-0.39, 0.29) is 11.7 Å². The summed E-state index contributed by atoms with van der Waals surface area (Å²) in [6.07, 6.45) is 1.46. The lowest BCUT2D eigenvalue weighted by molar-refractivity contribution is -0.113. The molecule has 0 atom stereocenters. The quantitative estimate of drug-likeness (QED) is 0.500. The van der Waals surface area contributed by atoms with Gasteiger partial charge in [-0.1, -0.05) is 47.1 Å². The van der Waals surface area contributed by atoms with Crippen molar-refractivity contribution in [2.24, 2.45) is 0 Å². The Hall–Kier alpha value is -2.29. The molecule has 0 spiro atoms. The molecule has 132 valence electrons. The molecule has 0 bridgehead atoms. The molecule has 10 heteroatoms. The maximum absolute atomic E-state index is 12.3. The van der Waals surface area contributed by atoms with E-state index in [1.165, 1.54) is 18.0 Å². The van der Waals surface area contributed by atoms with Crippen molar-refractivity contribution in [3.63, 3.8) is 0 Å². The summed E-state index contributed by atoms with van der Waals surface area (Å²) in [5, 5.41) is 11.2. The minimum Gasteiger partial charge on any atom is -0.309 e. The number of thioether (sulfide) groups is 1. The van der Waals surface area contributed by atoms with Crippen LogP contribution in [-0.2, 0) is 4.79 Å². The lowest BCUT2D eigenvalue weighted by atomic mass is 10.3. The average molecular weight is 407 g/mol. The topological polar surface area (TPSA) is 88.0 Å². The molecule has 4 aromatic rings. The molecule has 1 amide bonds. The van der Waals surface area contributed by atoms with Gasteiger partial charge in [-0.05, 0) is 24.6 Å². The molecule has 0 aliphatic carbocycles. The van der Waals surface area contributed by atoms with Gasteiger partial charge in [0.05, 0.1) is 26.8 Å². The third-order valence-corrected chi connectivity index (χ3v) is 5.58. The van der Waals surface area contributed by atoms with E-state index in [0.717, 1.165) is 11.0 Å². The highest BCUT2D eigenvalue weighted by Gasteiger charge is 2.15. The normalized spacial score (nSPS) is 11.3. The number of para-hydroxylation sites is 2. The SMILES string of the molecule is Cc1c(Cl)cnc(NC(=O)CSc2n[nH]c3nc4ccccc4n23)c1Cl. The number of fused-ring (bicyclic) bond motifs is 3. The van der Waals surface area contributed by atoms with E-state index in [2.05, 4.69) is 25.5 Å². The average Bonchev–Trinajstić information content (AvgIpc) is 3.20. The third-order valence-electron chi connectivity index (χ3n) is 3.80. The van der Waals surface area contributed by atoms with Crippen LogP contribution < -0.4 is 5.32 Å². The van der Waals surface area contributed by atoms with Gasteiger partial charge in [0.1, 0.15) is 0 Å². The number of amides is 1. The molecule has 0 radical (unpaired) electrons. The van der Waals surface area contributed by atoms with Crippen molar-refractivity contribution in [3.05, 3.63) is 46.1 Å². The van der Waals surface area contributed by atoms with Gasteiger partial charge in [-0.25, -0.2) is 15.1 Å². The van der Waals surface area contributed by atoms with Gasteiger partial charge in [-0.2, -0.15) is 0 Å². The summed E-state index contributed by atoms with van der Waals surface area (Å²) >= 11 is 13.4. The first kappa shape index (κ1) is 17.1. The summed E-state index contributed by atoms with van der Waals surface area (Å²) in [7, 11) is 0. The van der Waals surface area contributed by atoms with Crippen molar-refractivity contribution >= 4 is 63.5 Å². The number of carbonyl (C=O) groups is 1. The van der Waals surface area contributed by atoms with Crippen molar-refractivity contribution in [3.8, 4) is 0 Å². The van der Waals surface area contributed by atoms with Crippen molar-refractivity contribution in [1.82, 2.24) is 24.6 Å². The molecule has 0 unspecified atom stereocenters. The molecule has 0 aliphatic rings. The number of H-pyrrole nitrogens is 1. The number of imidazole rings is 1. The Morgan fingerprint density at radius 1 is 1.35 bits per heavy atom. The van der Waals surface area contributed by atoms with Gasteiger partial charge in [0.2, 0.25) is 11.7 Å². The van der Waals surface area contributed by atoms with Crippen LogP contribution in [0.2, 0.25) is 10.0 Å².